The maximum Gasteiger partial charge on any atom is 0.337 e. The first-order valence-electron chi connectivity index (χ1n) is 10.3. The minimum atomic E-state index is -0.745. The molecule has 0 N–H and O–H groups in total. The van der Waals surface area contributed by atoms with Gasteiger partial charge in [-0.1, -0.05) is 26.2 Å². The number of hydrogen-bond acceptors (Lipinski definition) is 5. The monoisotopic (exact) mass is 400 g/mol. The fourth-order valence-electron chi connectivity index (χ4n) is 4.30. The van der Waals surface area contributed by atoms with E-state index in [1.807, 2.05) is 6.92 Å². The van der Waals surface area contributed by atoms with Crippen LogP contribution in [0.1, 0.15) is 68.6 Å². The second kappa shape index (κ2) is 9.20. The topological polar surface area (TPSA) is 84.0 Å². The third-order valence-corrected chi connectivity index (χ3v) is 5.73. The van der Waals surface area contributed by atoms with Crippen molar-refractivity contribution in [2.75, 3.05) is 12.0 Å². The second-order valence-electron chi connectivity index (χ2n) is 7.67. The maximum absolute atomic E-state index is 13.2. The number of esters is 1. The molecule has 156 valence electrons. The molecule has 1 atom stereocenters. The molecule has 29 heavy (non-hydrogen) atoms. The predicted octanol–water partition coefficient (Wildman–Crippen LogP) is 3.07. The lowest BCUT2D eigenvalue weighted by atomic mass is 9.92. The van der Waals surface area contributed by atoms with E-state index in [1.54, 1.807) is 17.0 Å². The molecule has 1 aliphatic heterocycles. The highest BCUT2D eigenvalue weighted by Gasteiger charge is 2.46. The van der Waals surface area contributed by atoms with Crippen LogP contribution in [-0.2, 0) is 19.1 Å². The zero-order chi connectivity index (χ0) is 21.0. The molecule has 0 spiro atoms. The molecule has 1 aromatic carbocycles. The first-order chi connectivity index (χ1) is 14.0. The zero-order valence-electron chi connectivity index (χ0n) is 17.1. The largest absolute Gasteiger partial charge is 0.465 e. The molecule has 1 heterocycles. The highest BCUT2D eigenvalue weighted by atomic mass is 16.5. The van der Waals surface area contributed by atoms with Crippen molar-refractivity contribution < 1.29 is 23.9 Å². The first-order valence-corrected chi connectivity index (χ1v) is 10.3. The van der Waals surface area contributed by atoms with E-state index < -0.39 is 12.0 Å². The Morgan fingerprint density at radius 1 is 1.10 bits per heavy atom. The van der Waals surface area contributed by atoms with Crippen LogP contribution in [0, 0.1) is 0 Å². The first kappa shape index (κ1) is 21.0. The zero-order valence-corrected chi connectivity index (χ0v) is 17.1. The van der Waals surface area contributed by atoms with Gasteiger partial charge in [0.1, 0.15) is 6.04 Å². The van der Waals surface area contributed by atoms with Crippen LogP contribution >= 0.6 is 0 Å². The smallest absolute Gasteiger partial charge is 0.337 e. The number of hydrogen-bond donors (Lipinski definition) is 0. The lowest BCUT2D eigenvalue weighted by molar-refractivity contribution is -0.141. The minimum Gasteiger partial charge on any atom is -0.465 e. The van der Waals surface area contributed by atoms with Gasteiger partial charge in [0, 0.05) is 12.5 Å². The van der Waals surface area contributed by atoms with Crippen molar-refractivity contribution in [2.24, 2.45) is 0 Å². The summed E-state index contributed by atoms with van der Waals surface area (Å²) < 4.78 is 4.68. The quantitative estimate of drug-likeness (QED) is 0.541. The van der Waals surface area contributed by atoms with Crippen molar-refractivity contribution in [3.63, 3.8) is 0 Å². The Morgan fingerprint density at radius 2 is 1.76 bits per heavy atom. The highest BCUT2D eigenvalue weighted by Crippen LogP contribution is 2.31. The lowest BCUT2D eigenvalue weighted by Gasteiger charge is -2.37. The van der Waals surface area contributed by atoms with Crippen LogP contribution in [0.3, 0.4) is 0 Å². The number of amides is 3. The molecule has 0 aromatic heterocycles. The molecule has 2 fully saturated rings. The van der Waals surface area contributed by atoms with Crippen LogP contribution in [0.25, 0.3) is 0 Å². The molecule has 1 unspecified atom stereocenters. The fraction of sp³-hybridized carbons (Fsp3) is 0.545. The van der Waals surface area contributed by atoms with Crippen LogP contribution in [-0.4, -0.2) is 47.8 Å². The highest BCUT2D eigenvalue weighted by molar-refractivity contribution is 6.23. The van der Waals surface area contributed by atoms with Crippen LogP contribution in [0.4, 0.5) is 5.69 Å². The molecule has 0 radical (unpaired) electrons. The molecule has 7 heteroatoms. The van der Waals surface area contributed by atoms with E-state index in [4.69, 9.17) is 0 Å². The predicted molar refractivity (Wildman–Crippen MR) is 107 cm³/mol. The summed E-state index contributed by atoms with van der Waals surface area (Å²) in [6, 6.07) is 5.44. The molecule has 2 aliphatic rings. The number of carbonyl (C=O) groups is 4. The Bertz CT molecular complexity index is 783. The van der Waals surface area contributed by atoms with E-state index in [-0.39, 0.29) is 30.2 Å². The van der Waals surface area contributed by atoms with Crippen LogP contribution in [0.2, 0.25) is 0 Å². The molecule has 3 amide bonds. The molecule has 3 rings (SSSR count). The Balaban J connectivity index is 1.85. The van der Waals surface area contributed by atoms with Gasteiger partial charge in [0.05, 0.1) is 24.8 Å². The Labute approximate surface area is 171 Å². The number of ether oxygens (including phenoxy) is 1. The summed E-state index contributed by atoms with van der Waals surface area (Å²) in [4.78, 5) is 53.2. The number of methoxy groups -OCH3 is 1. The Morgan fingerprint density at radius 3 is 2.34 bits per heavy atom. The van der Waals surface area contributed by atoms with E-state index in [2.05, 4.69) is 4.74 Å². The summed E-state index contributed by atoms with van der Waals surface area (Å²) in [6.07, 6.45) is 6.05. The molecule has 1 aliphatic carbocycles. The third kappa shape index (κ3) is 4.33. The number of nitrogens with zero attached hydrogens (tertiary/aromatic N) is 2. The summed E-state index contributed by atoms with van der Waals surface area (Å²) in [5, 5.41) is 0. The van der Waals surface area contributed by atoms with Gasteiger partial charge in [-0.2, -0.15) is 0 Å². The summed E-state index contributed by atoms with van der Waals surface area (Å²) >= 11 is 0. The van der Waals surface area contributed by atoms with Crippen LogP contribution in [0.5, 0.6) is 0 Å². The number of benzene rings is 1. The lowest BCUT2D eigenvalue weighted by Crippen LogP contribution is -2.51. The number of rotatable bonds is 6. The summed E-state index contributed by atoms with van der Waals surface area (Å²) in [5.74, 6) is -1.22. The van der Waals surface area contributed by atoms with Gasteiger partial charge >= 0.3 is 5.97 Å². The maximum atomic E-state index is 13.2. The number of anilines is 1. The van der Waals surface area contributed by atoms with Gasteiger partial charge in [-0.3, -0.25) is 14.4 Å². The van der Waals surface area contributed by atoms with E-state index in [1.165, 1.54) is 19.2 Å². The van der Waals surface area contributed by atoms with Gasteiger partial charge in [-0.05, 0) is 43.5 Å². The average Bonchev–Trinajstić information content (AvgIpc) is 3.02. The third-order valence-electron chi connectivity index (χ3n) is 5.73. The van der Waals surface area contributed by atoms with E-state index in [0.29, 0.717) is 24.1 Å². The minimum absolute atomic E-state index is 0.00351. The molecular weight excluding hydrogens is 372 g/mol. The molecule has 1 aromatic rings. The van der Waals surface area contributed by atoms with E-state index >= 15 is 0 Å². The summed E-state index contributed by atoms with van der Waals surface area (Å²) in [7, 11) is 1.29. The van der Waals surface area contributed by atoms with Crippen molar-refractivity contribution in [3.8, 4) is 0 Å². The number of carbonyl (C=O) groups excluding carboxylic acids is 4. The summed E-state index contributed by atoms with van der Waals surface area (Å²) in [5.41, 5.74) is 0.746. The number of imide groups is 1. The fourth-order valence-corrected chi connectivity index (χ4v) is 4.30. The van der Waals surface area contributed by atoms with Gasteiger partial charge in [0.25, 0.3) is 5.91 Å². The second-order valence-corrected chi connectivity index (χ2v) is 7.67. The van der Waals surface area contributed by atoms with E-state index in [0.717, 1.165) is 37.0 Å². The van der Waals surface area contributed by atoms with Gasteiger partial charge < -0.3 is 9.64 Å². The van der Waals surface area contributed by atoms with Crippen molar-refractivity contribution >= 4 is 29.4 Å². The van der Waals surface area contributed by atoms with Crippen LogP contribution < -0.4 is 4.90 Å². The Kier molecular flexibility index (Phi) is 6.67. The van der Waals surface area contributed by atoms with Crippen molar-refractivity contribution in [1.29, 1.82) is 0 Å². The Hall–Kier alpha value is -2.70. The van der Waals surface area contributed by atoms with Crippen LogP contribution in [0.15, 0.2) is 24.3 Å². The normalized spacial score (nSPS) is 20.1. The van der Waals surface area contributed by atoms with Crippen molar-refractivity contribution in [2.45, 2.75) is 70.4 Å². The standard InChI is InChI=1S/C22H28N2O5/c1-3-7-19(25)23(16-8-5-4-6-9-16)18-14-20(26)24(21(18)27)17-12-10-15(11-13-17)22(28)29-2/h10-13,16,18H,3-9,14H2,1-2H3. The van der Waals surface area contributed by atoms with Gasteiger partial charge in [-0.25, -0.2) is 9.69 Å². The SMILES string of the molecule is CCCC(=O)N(C1CCCCC1)C1CC(=O)N(c2ccc(C(=O)OC)cc2)C1=O. The molecule has 1 saturated carbocycles. The van der Waals surface area contributed by atoms with E-state index in [9.17, 15) is 19.2 Å². The van der Waals surface area contributed by atoms with Gasteiger partial charge in [-0.15, -0.1) is 0 Å². The van der Waals surface area contributed by atoms with Gasteiger partial charge in [0.2, 0.25) is 11.8 Å². The average molecular weight is 400 g/mol. The van der Waals surface area contributed by atoms with Crippen molar-refractivity contribution in [3.05, 3.63) is 29.8 Å². The molecular formula is C22H28N2O5. The summed E-state index contributed by atoms with van der Waals surface area (Å²) in [6.45, 7) is 1.94. The molecule has 1 saturated heterocycles. The van der Waals surface area contributed by atoms with Crippen molar-refractivity contribution in [1.82, 2.24) is 4.90 Å². The molecule has 7 nitrogen and oxygen atoms in total. The van der Waals surface area contributed by atoms with Gasteiger partial charge in [0.15, 0.2) is 0 Å². The molecule has 0 bridgehead atoms.